The minimum Gasteiger partial charge on any atom is -0.493 e. The molecule has 1 atom stereocenters. The van der Waals surface area contributed by atoms with Gasteiger partial charge in [0.15, 0.2) is 0 Å². The molecule has 4 nitrogen and oxygen atoms in total. The number of hydrogen-bond donors (Lipinski definition) is 1. The number of aliphatic hydroxyl groups is 1. The van der Waals surface area contributed by atoms with Crippen molar-refractivity contribution < 1.29 is 14.6 Å². The van der Waals surface area contributed by atoms with Crippen molar-refractivity contribution in [3.8, 4) is 5.75 Å². The van der Waals surface area contributed by atoms with Gasteiger partial charge in [-0.3, -0.25) is 4.90 Å². The van der Waals surface area contributed by atoms with E-state index in [9.17, 15) is 5.11 Å². The SMILES string of the molecule is O[C@H](CN(Cc1ccccc1)Cc1ccccc1)c1cccc(OCCCOCc2ccccc2)c1. The minimum atomic E-state index is -0.616. The molecule has 0 aliphatic carbocycles. The van der Waals surface area contributed by atoms with E-state index in [0.29, 0.717) is 26.4 Å². The third-order valence-electron chi connectivity index (χ3n) is 5.99. The van der Waals surface area contributed by atoms with E-state index in [2.05, 4.69) is 65.6 Å². The van der Waals surface area contributed by atoms with Crippen molar-refractivity contribution >= 4 is 0 Å². The van der Waals surface area contributed by atoms with E-state index in [0.717, 1.165) is 30.8 Å². The molecular weight excluding hydrogens is 446 g/mol. The first kappa shape index (κ1) is 25.6. The second-order valence-corrected chi connectivity index (χ2v) is 8.97. The van der Waals surface area contributed by atoms with Crippen molar-refractivity contribution in [2.75, 3.05) is 19.8 Å². The fourth-order valence-corrected chi connectivity index (χ4v) is 4.15. The van der Waals surface area contributed by atoms with Gasteiger partial charge in [0.25, 0.3) is 0 Å². The summed E-state index contributed by atoms with van der Waals surface area (Å²) in [6, 6.07) is 38.7. The standard InChI is InChI=1S/C32H35NO3/c34-32(25-33(23-27-12-4-1-5-13-27)24-28-14-6-2-7-15-28)30-18-10-19-31(22-30)36-21-11-20-35-26-29-16-8-3-9-17-29/h1-10,12-19,22,32,34H,11,20-21,23-26H2/t32-/m1/s1. The lowest BCUT2D eigenvalue weighted by molar-refractivity contribution is 0.103. The first-order valence-electron chi connectivity index (χ1n) is 12.6. The first-order valence-corrected chi connectivity index (χ1v) is 12.6. The summed E-state index contributed by atoms with van der Waals surface area (Å²) in [5.41, 5.74) is 4.49. The van der Waals surface area contributed by atoms with Gasteiger partial charge in [0.2, 0.25) is 0 Å². The fraction of sp³-hybridized carbons (Fsp3) is 0.250. The molecule has 0 unspecified atom stereocenters. The summed E-state index contributed by atoms with van der Waals surface area (Å²) in [6.07, 6.45) is 0.192. The molecule has 4 heteroatoms. The van der Waals surface area contributed by atoms with Crippen molar-refractivity contribution in [1.29, 1.82) is 0 Å². The highest BCUT2D eigenvalue weighted by Gasteiger charge is 2.15. The van der Waals surface area contributed by atoms with Gasteiger partial charge < -0.3 is 14.6 Å². The molecule has 4 aromatic carbocycles. The van der Waals surface area contributed by atoms with Crippen LogP contribution in [0, 0.1) is 0 Å². The molecule has 0 aliphatic rings. The molecule has 0 aliphatic heterocycles. The average Bonchev–Trinajstić information content (AvgIpc) is 2.92. The van der Waals surface area contributed by atoms with E-state index in [4.69, 9.17) is 9.47 Å². The second kappa shape index (κ2) is 14.2. The van der Waals surface area contributed by atoms with Gasteiger partial charge in [-0.25, -0.2) is 0 Å². The Kier molecular flexibility index (Phi) is 10.1. The van der Waals surface area contributed by atoms with Crippen molar-refractivity contribution in [2.24, 2.45) is 0 Å². The van der Waals surface area contributed by atoms with Crippen LogP contribution in [0.4, 0.5) is 0 Å². The number of aliphatic hydroxyl groups excluding tert-OH is 1. The van der Waals surface area contributed by atoms with Crippen LogP contribution in [-0.4, -0.2) is 29.8 Å². The maximum absolute atomic E-state index is 11.1. The largest absolute Gasteiger partial charge is 0.493 e. The molecule has 0 heterocycles. The summed E-state index contributed by atoms with van der Waals surface area (Å²) in [6.45, 7) is 3.90. The zero-order chi connectivity index (χ0) is 24.8. The summed E-state index contributed by atoms with van der Waals surface area (Å²) >= 11 is 0. The van der Waals surface area contributed by atoms with E-state index in [-0.39, 0.29) is 0 Å². The quantitative estimate of drug-likeness (QED) is 0.211. The minimum absolute atomic E-state index is 0.528. The van der Waals surface area contributed by atoms with Crippen LogP contribution >= 0.6 is 0 Å². The van der Waals surface area contributed by atoms with Crippen LogP contribution in [0.1, 0.15) is 34.8 Å². The van der Waals surface area contributed by atoms with Crippen molar-refractivity contribution in [3.05, 3.63) is 138 Å². The Bertz CT molecular complexity index is 1090. The highest BCUT2D eigenvalue weighted by Crippen LogP contribution is 2.22. The number of nitrogens with zero attached hydrogens (tertiary/aromatic N) is 1. The van der Waals surface area contributed by atoms with Crippen LogP contribution in [0.15, 0.2) is 115 Å². The normalized spacial score (nSPS) is 11.9. The summed E-state index contributed by atoms with van der Waals surface area (Å²) in [4.78, 5) is 2.28. The summed E-state index contributed by atoms with van der Waals surface area (Å²) in [5.74, 6) is 0.771. The van der Waals surface area contributed by atoms with Gasteiger partial charge in [-0.1, -0.05) is 103 Å². The van der Waals surface area contributed by atoms with Crippen LogP contribution < -0.4 is 4.74 Å². The van der Waals surface area contributed by atoms with Gasteiger partial charge in [0.05, 0.1) is 25.9 Å². The van der Waals surface area contributed by atoms with Crippen LogP contribution in [0.2, 0.25) is 0 Å². The molecule has 0 amide bonds. The Morgan fingerprint density at radius 2 is 1.22 bits per heavy atom. The van der Waals surface area contributed by atoms with Crippen LogP contribution in [0.25, 0.3) is 0 Å². The Morgan fingerprint density at radius 1 is 0.639 bits per heavy atom. The molecule has 1 N–H and O–H groups in total. The van der Waals surface area contributed by atoms with Gasteiger partial charge >= 0.3 is 0 Å². The molecule has 0 spiro atoms. The van der Waals surface area contributed by atoms with E-state index in [1.165, 1.54) is 16.7 Å². The van der Waals surface area contributed by atoms with E-state index in [1.807, 2.05) is 54.6 Å². The third-order valence-corrected chi connectivity index (χ3v) is 5.99. The molecule has 0 radical (unpaired) electrons. The maximum atomic E-state index is 11.1. The molecule has 36 heavy (non-hydrogen) atoms. The monoisotopic (exact) mass is 481 g/mol. The summed E-state index contributed by atoms with van der Waals surface area (Å²) in [7, 11) is 0. The van der Waals surface area contributed by atoms with E-state index < -0.39 is 6.10 Å². The molecular formula is C32H35NO3. The average molecular weight is 482 g/mol. The molecule has 186 valence electrons. The second-order valence-electron chi connectivity index (χ2n) is 8.97. The van der Waals surface area contributed by atoms with Crippen LogP contribution in [-0.2, 0) is 24.4 Å². The fourth-order valence-electron chi connectivity index (χ4n) is 4.15. The molecule has 0 bridgehead atoms. The lowest BCUT2D eigenvalue weighted by Crippen LogP contribution is -2.28. The van der Waals surface area contributed by atoms with Crippen molar-refractivity contribution in [2.45, 2.75) is 32.2 Å². The lowest BCUT2D eigenvalue weighted by Gasteiger charge is -2.26. The van der Waals surface area contributed by atoms with Gasteiger partial charge in [-0.05, 0) is 34.4 Å². The molecule has 0 saturated heterocycles. The van der Waals surface area contributed by atoms with Gasteiger partial charge in [0, 0.05) is 26.1 Å². The smallest absolute Gasteiger partial charge is 0.119 e. The Hall–Kier alpha value is -3.44. The van der Waals surface area contributed by atoms with E-state index in [1.54, 1.807) is 0 Å². The lowest BCUT2D eigenvalue weighted by atomic mass is 10.1. The highest BCUT2D eigenvalue weighted by molar-refractivity contribution is 5.30. The number of rotatable bonds is 14. The summed E-state index contributed by atoms with van der Waals surface area (Å²) < 4.78 is 11.7. The zero-order valence-electron chi connectivity index (χ0n) is 20.7. The Labute approximate surface area is 214 Å². The number of hydrogen-bond acceptors (Lipinski definition) is 4. The summed E-state index contributed by atoms with van der Waals surface area (Å²) in [5, 5.41) is 11.1. The Balaban J connectivity index is 1.28. The predicted octanol–water partition coefficient (Wildman–Crippen LogP) is 6.41. The highest BCUT2D eigenvalue weighted by atomic mass is 16.5. The molecule has 0 saturated carbocycles. The molecule has 4 rings (SSSR count). The molecule has 0 aromatic heterocycles. The van der Waals surface area contributed by atoms with Crippen molar-refractivity contribution in [3.63, 3.8) is 0 Å². The van der Waals surface area contributed by atoms with Crippen molar-refractivity contribution in [1.82, 2.24) is 4.90 Å². The Morgan fingerprint density at radius 3 is 1.83 bits per heavy atom. The van der Waals surface area contributed by atoms with Crippen LogP contribution in [0.5, 0.6) is 5.75 Å². The molecule has 0 fully saturated rings. The first-order chi connectivity index (χ1) is 17.8. The van der Waals surface area contributed by atoms with Crippen LogP contribution in [0.3, 0.4) is 0 Å². The van der Waals surface area contributed by atoms with Gasteiger partial charge in [0.1, 0.15) is 5.75 Å². The topological polar surface area (TPSA) is 41.9 Å². The number of benzene rings is 4. The number of ether oxygens (including phenoxy) is 2. The van der Waals surface area contributed by atoms with E-state index >= 15 is 0 Å². The molecule has 4 aromatic rings. The maximum Gasteiger partial charge on any atom is 0.119 e. The van der Waals surface area contributed by atoms with Gasteiger partial charge in [-0.15, -0.1) is 0 Å². The third kappa shape index (κ3) is 8.65. The predicted molar refractivity (Wildman–Crippen MR) is 145 cm³/mol. The van der Waals surface area contributed by atoms with Gasteiger partial charge in [-0.2, -0.15) is 0 Å². The zero-order valence-corrected chi connectivity index (χ0v) is 20.7.